The molecule has 0 bridgehead atoms. The largest absolute Gasteiger partial charge is 0.470 e. The number of halogens is 1. The highest BCUT2D eigenvalue weighted by Crippen LogP contribution is 2.24. The van der Waals surface area contributed by atoms with Crippen LogP contribution >= 0.6 is 11.6 Å². The molecule has 0 amide bonds. The fourth-order valence-corrected chi connectivity index (χ4v) is 1.21. The molecule has 0 N–H and O–H groups in total. The van der Waals surface area contributed by atoms with Crippen molar-refractivity contribution in [3.8, 4) is 5.88 Å². The molecule has 0 atom stereocenters. The van der Waals surface area contributed by atoms with Crippen LogP contribution in [-0.4, -0.2) is 34.7 Å². The smallest absolute Gasteiger partial charge is 0.349 e. The zero-order valence-corrected chi connectivity index (χ0v) is 10.9. The molecule has 0 saturated heterocycles. The Bertz CT molecular complexity index is 414. The number of hydrogen-bond donors (Lipinski definition) is 0. The molecule has 1 aromatic heterocycles. The SMILES string of the molecule is CC(C)COCCOc1nc(Cl)ncc1[N+](=O)[O-]. The third kappa shape index (κ3) is 4.80. The molecular weight excluding hydrogens is 262 g/mol. The molecular formula is C10H14ClN3O4. The highest BCUT2D eigenvalue weighted by Gasteiger charge is 2.18. The van der Waals surface area contributed by atoms with Crippen LogP contribution in [0.4, 0.5) is 5.69 Å². The fourth-order valence-electron chi connectivity index (χ4n) is 1.09. The van der Waals surface area contributed by atoms with E-state index in [-0.39, 0.29) is 23.5 Å². The van der Waals surface area contributed by atoms with Gasteiger partial charge in [0.05, 0.1) is 11.5 Å². The molecule has 1 heterocycles. The number of hydrogen-bond acceptors (Lipinski definition) is 6. The van der Waals surface area contributed by atoms with E-state index in [1.54, 1.807) is 0 Å². The molecule has 0 fully saturated rings. The first-order valence-electron chi connectivity index (χ1n) is 5.38. The number of ether oxygens (including phenoxy) is 2. The molecule has 18 heavy (non-hydrogen) atoms. The number of nitrogens with zero attached hydrogens (tertiary/aromatic N) is 3. The lowest BCUT2D eigenvalue weighted by Gasteiger charge is -2.08. The lowest BCUT2D eigenvalue weighted by atomic mass is 10.2. The maximum atomic E-state index is 10.7. The minimum absolute atomic E-state index is 0.0984. The van der Waals surface area contributed by atoms with Crippen LogP contribution in [-0.2, 0) is 4.74 Å². The van der Waals surface area contributed by atoms with Gasteiger partial charge in [-0.3, -0.25) is 10.1 Å². The van der Waals surface area contributed by atoms with Crippen LogP contribution in [0.15, 0.2) is 6.20 Å². The second kappa shape index (κ2) is 7.07. The molecule has 0 aliphatic heterocycles. The molecule has 1 rings (SSSR count). The van der Waals surface area contributed by atoms with Gasteiger partial charge in [-0.25, -0.2) is 4.98 Å². The van der Waals surface area contributed by atoms with Gasteiger partial charge in [-0.2, -0.15) is 4.98 Å². The Hall–Kier alpha value is -1.47. The minimum Gasteiger partial charge on any atom is -0.470 e. The molecule has 1 aromatic rings. The summed E-state index contributed by atoms with van der Waals surface area (Å²) in [5, 5.41) is 10.6. The third-order valence-corrected chi connectivity index (χ3v) is 2.00. The van der Waals surface area contributed by atoms with Gasteiger partial charge in [0, 0.05) is 6.61 Å². The van der Waals surface area contributed by atoms with Crippen LogP contribution in [0.25, 0.3) is 0 Å². The van der Waals surface area contributed by atoms with E-state index in [0.29, 0.717) is 19.1 Å². The summed E-state index contributed by atoms with van der Waals surface area (Å²) in [6, 6.07) is 0. The van der Waals surface area contributed by atoms with E-state index in [1.807, 2.05) is 13.8 Å². The topological polar surface area (TPSA) is 87.4 Å². The monoisotopic (exact) mass is 275 g/mol. The molecule has 7 nitrogen and oxygen atoms in total. The first-order valence-corrected chi connectivity index (χ1v) is 5.76. The van der Waals surface area contributed by atoms with Crippen molar-refractivity contribution in [1.82, 2.24) is 9.97 Å². The Morgan fingerprint density at radius 2 is 2.22 bits per heavy atom. The lowest BCUT2D eigenvalue weighted by molar-refractivity contribution is -0.386. The quantitative estimate of drug-likeness (QED) is 0.328. The van der Waals surface area contributed by atoms with Gasteiger partial charge in [-0.05, 0) is 17.5 Å². The summed E-state index contributed by atoms with van der Waals surface area (Å²) in [5.41, 5.74) is -0.316. The number of nitro groups is 1. The average Bonchev–Trinajstić information content (AvgIpc) is 2.27. The first kappa shape index (κ1) is 14.6. The van der Waals surface area contributed by atoms with Crippen molar-refractivity contribution in [1.29, 1.82) is 0 Å². The molecule has 100 valence electrons. The normalized spacial score (nSPS) is 10.7. The van der Waals surface area contributed by atoms with Crippen molar-refractivity contribution in [2.75, 3.05) is 19.8 Å². The Morgan fingerprint density at radius 1 is 1.50 bits per heavy atom. The van der Waals surface area contributed by atoms with Gasteiger partial charge in [0.1, 0.15) is 12.8 Å². The molecule has 0 saturated carbocycles. The first-order chi connectivity index (χ1) is 8.50. The van der Waals surface area contributed by atoms with Crippen molar-refractivity contribution < 1.29 is 14.4 Å². The van der Waals surface area contributed by atoms with Crippen molar-refractivity contribution in [3.63, 3.8) is 0 Å². The summed E-state index contributed by atoms with van der Waals surface area (Å²) < 4.78 is 10.4. The van der Waals surface area contributed by atoms with Crippen LogP contribution in [0.2, 0.25) is 5.28 Å². The molecule has 0 unspecified atom stereocenters. The van der Waals surface area contributed by atoms with Crippen molar-refractivity contribution in [3.05, 3.63) is 21.6 Å². The fraction of sp³-hybridized carbons (Fsp3) is 0.600. The zero-order valence-electron chi connectivity index (χ0n) is 10.1. The van der Waals surface area contributed by atoms with Gasteiger partial charge in [0.25, 0.3) is 5.88 Å². The summed E-state index contributed by atoms with van der Waals surface area (Å²) in [5.74, 6) is 0.279. The lowest BCUT2D eigenvalue weighted by Crippen LogP contribution is -2.11. The van der Waals surface area contributed by atoms with Crippen LogP contribution in [0.1, 0.15) is 13.8 Å². The van der Waals surface area contributed by atoms with Crippen LogP contribution < -0.4 is 4.74 Å². The van der Waals surface area contributed by atoms with Gasteiger partial charge in [0.15, 0.2) is 0 Å². The standard InChI is InChI=1S/C10H14ClN3O4/c1-7(2)6-17-3-4-18-9-8(14(15)16)5-12-10(11)13-9/h5,7H,3-4,6H2,1-2H3. The maximum Gasteiger partial charge on any atom is 0.349 e. The second-order valence-corrected chi connectivity index (χ2v) is 4.24. The Labute approximate surface area is 109 Å². The maximum absolute atomic E-state index is 10.7. The van der Waals surface area contributed by atoms with Crippen LogP contribution in [0, 0.1) is 16.0 Å². The van der Waals surface area contributed by atoms with Crippen LogP contribution in [0.5, 0.6) is 5.88 Å². The summed E-state index contributed by atoms with van der Waals surface area (Å²) in [7, 11) is 0. The Morgan fingerprint density at radius 3 is 2.83 bits per heavy atom. The van der Waals surface area contributed by atoms with E-state index < -0.39 is 4.92 Å². The molecule has 0 aliphatic rings. The van der Waals surface area contributed by atoms with E-state index >= 15 is 0 Å². The van der Waals surface area contributed by atoms with Gasteiger partial charge in [-0.15, -0.1) is 0 Å². The molecule has 0 aliphatic carbocycles. The predicted octanol–water partition coefficient (Wildman–Crippen LogP) is 2.09. The van der Waals surface area contributed by atoms with Crippen molar-refractivity contribution in [2.24, 2.45) is 5.92 Å². The highest BCUT2D eigenvalue weighted by molar-refractivity contribution is 6.28. The zero-order chi connectivity index (χ0) is 13.5. The van der Waals surface area contributed by atoms with Crippen LogP contribution in [0.3, 0.4) is 0 Å². The average molecular weight is 276 g/mol. The Balaban J connectivity index is 2.50. The minimum atomic E-state index is -0.624. The highest BCUT2D eigenvalue weighted by atomic mass is 35.5. The Kier molecular flexibility index (Phi) is 5.73. The molecule has 0 aromatic carbocycles. The summed E-state index contributed by atoms with van der Waals surface area (Å²) >= 11 is 5.55. The van der Waals surface area contributed by atoms with E-state index in [1.165, 1.54) is 0 Å². The van der Waals surface area contributed by atoms with Gasteiger partial charge in [0.2, 0.25) is 5.28 Å². The summed E-state index contributed by atoms with van der Waals surface area (Å²) in [6.07, 6.45) is 1.01. The van der Waals surface area contributed by atoms with E-state index in [0.717, 1.165) is 6.20 Å². The summed E-state index contributed by atoms with van der Waals surface area (Å²) in [4.78, 5) is 17.3. The van der Waals surface area contributed by atoms with Crippen molar-refractivity contribution >= 4 is 17.3 Å². The molecule has 0 spiro atoms. The van der Waals surface area contributed by atoms with Gasteiger partial charge >= 0.3 is 5.69 Å². The summed E-state index contributed by atoms with van der Waals surface area (Å²) in [6.45, 7) is 5.15. The molecule has 0 radical (unpaired) electrons. The van der Waals surface area contributed by atoms with E-state index in [9.17, 15) is 10.1 Å². The van der Waals surface area contributed by atoms with Gasteiger partial charge < -0.3 is 9.47 Å². The van der Waals surface area contributed by atoms with E-state index in [2.05, 4.69) is 9.97 Å². The number of aromatic nitrogens is 2. The second-order valence-electron chi connectivity index (χ2n) is 3.90. The van der Waals surface area contributed by atoms with Crippen molar-refractivity contribution in [2.45, 2.75) is 13.8 Å². The third-order valence-electron chi connectivity index (χ3n) is 1.82. The van der Waals surface area contributed by atoms with Gasteiger partial charge in [-0.1, -0.05) is 13.8 Å². The molecule has 8 heteroatoms. The number of rotatable bonds is 7. The van der Waals surface area contributed by atoms with E-state index in [4.69, 9.17) is 21.1 Å². The predicted molar refractivity (Wildman–Crippen MR) is 64.8 cm³/mol.